The first-order valence-corrected chi connectivity index (χ1v) is 5.77. The first kappa shape index (κ1) is 14.4. The zero-order chi connectivity index (χ0) is 13.9. The summed E-state index contributed by atoms with van der Waals surface area (Å²) in [4.78, 5) is 16.2. The van der Waals surface area contributed by atoms with Crippen molar-refractivity contribution in [1.82, 2.24) is 14.5 Å². The second-order valence-electron chi connectivity index (χ2n) is 5.54. The SMILES string of the molecule is CN(C)CC(C)(C)CNc1c([N+](=O)[O-])ncn1C. The Morgan fingerprint density at radius 2 is 2.17 bits per heavy atom. The molecule has 0 aliphatic heterocycles. The van der Waals surface area contributed by atoms with Crippen LogP contribution in [0.2, 0.25) is 0 Å². The number of hydrogen-bond acceptors (Lipinski definition) is 5. The topological polar surface area (TPSA) is 76.2 Å². The van der Waals surface area contributed by atoms with Crippen LogP contribution in [0.5, 0.6) is 0 Å². The number of hydrogen-bond donors (Lipinski definition) is 1. The number of anilines is 1. The van der Waals surface area contributed by atoms with E-state index in [1.807, 2.05) is 14.1 Å². The molecule has 0 bridgehead atoms. The highest BCUT2D eigenvalue weighted by molar-refractivity contribution is 5.52. The highest BCUT2D eigenvalue weighted by Crippen LogP contribution is 2.23. The minimum Gasteiger partial charge on any atom is -0.364 e. The molecule has 1 aromatic rings. The summed E-state index contributed by atoms with van der Waals surface area (Å²) in [6, 6.07) is 0. The molecule has 1 N–H and O–H groups in total. The summed E-state index contributed by atoms with van der Waals surface area (Å²) in [6.45, 7) is 5.77. The number of nitro groups is 1. The summed E-state index contributed by atoms with van der Waals surface area (Å²) in [7, 11) is 5.75. The van der Waals surface area contributed by atoms with E-state index in [1.165, 1.54) is 6.33 Å². The van der Waals surface area contributed by atoms with Crippen LogP contribution in [0.25, 0.3) is 0 Å². The van der Waals surface area contributed by atoms with E-state index >= 15 is 0 Å². The fraction of sp³-hybridized carbons (Fsp3) is 0.727. The van der Waals surface area contributed by atoms with Gasteiger partial charge in [0.2, 0.25) is 12.1 Å². The van der Waals surface area contributed by atoms with Gasteiger partial charge in [-0.3, -0.25) is 4.57 Å². The van der Waals surface area contributed by atoms with Gasteiger partial charge in [-0.05, 0) is 29.4 Å². The highest BCUT2D eigenvalue weighted by Gasteiger charge is 2.24. The molecule has 0 saturated carbocycles. The van der Waals surface area contributed by atoms with Crippen molar-refractivity contribution in [1.29, 1.82) is 0 Å². The van der Waals surface area contributed by atoms with Gasteiger partial charge in [0.25, 0.3) is 0 Å². The maximum atomic E-state index is 10.8. The lowest BCUT2D eigenvalue weighted by Crippen LogP contribution is -2.34. The van der Waals surface area contributed by atoms with Gasteiger partial charge in [-0.1, -0.05) is 13.8 Å². The zero-order valence-corrected chi connectivity index (χ0v) is 11.6. The van der Waals surface area contributed by atoms with Crippen LogP contribution in [0.4, 0.5) is 11.6 Å². The van der Waals surface area contributed by atoms with Gasteiger partial charge in [-0.15, -0.1) is 0 Å². The van der Waals surface area contributed by atoms with Crippen molar-refractivity contribution in [2.75, 3.05) is 32.5 Å². The molecule has 0 aliphatic carbocycles. The van der Waals surface area contributed by atoms with E-state index in [2.05, 4.69) is 29.0 Å². The van der Waals surface area contributed by atoms with Gasteiger partial charge < -0.3 is 20.3 Å². The van der Waals surface area contributed by atoms with Gasteiger partial charge >= 0.3 is 5.82 Å². The average Bonchev–Trinajstić information content (AvgIpc) is 2.55. The van der Waals surface area contributed by atoms with Crippen LogP contribution >= 0.6 is 0 Å². The van der Waals surface area contributed by atoms with E-state index in [-0.39, 0.29) is 11.2 Å². The first-order valence-electron chi connectivity index (χ1n) is 5.77. The quantitative estimate of drug-likeness (QED) is 0.613. The molecule has 0 aliphatic rings. The fourth-order valence-electron chi connectivity index (χ4n) is 1.99. The van der Waals surface area contributed by atoms with E-state index in [4.69, 9.17) is 0 Å². The zero-order valence-electron chi connectivity index (χ0n) is 11.6. The summed E-state index contributed by atoms with van der Waals surface area (Å²) in [6.07, 6.45) is 1.44. The third kappa shape index (κ3) is 3.69. The molecule has 0 radical (unpaired) electrons. The van der Waals surface area contributed by atoms with Gasteiger partial charge in [0, 0.05) is 20.1 Å². The normalized spacial score (nSPS) is 11.9. The standard InChI is InChI=1S/C11H21N5O2/c1-11(2,7-14(3)4)6-12-9-10(16(17)18)13-8-15(9)5/h8,12H,6-7H2,1-5H3. The van der Waals surface area contributed by atoms with E-state index in [9.17, 15) is 10.1 Å². The Kier molecular flexibility index (Phi) is 4.28. The number of aromatic nitrogens is 2. The van der Waals surface area contributed by atoms with Crippen molar-refractivity contribution in [3.05, 3.63) is 16.4 Å². The number of nitrogens with zero attached hydrogens (tertiary/aromatic N) is 4. The monoisotopic (exact) mass is 255 g/mol. The van der Waals surface area contributed by atoms with Gasteiger partial charge in [-0.25, -0.2) is 0 Å². The Morgan fingerprint density at radius 1 is 1.56 bits per heavy atom. The molecule has 0 spiro atoms. The third-order valence-electron chi connectivity index (χ3n) is 2.57. The summed E-state index contributed by atoms with van der Waals surface area (Å²) < 4.78 is 1.63. The van der Waals surface area contributed by atoms with Crippen molar-refractivity contribution in [2.24, 2.45) is 12.5 Å². The molecule has 1 rings (SSSR count). The summed E-state index contributed by atoms with van der Waals surface area (Å²) >= 11 is 0. The van der Waals surface area contributed by atoms with Crippen LogP contribution in [-0.4, -0.2) is 46.6 Å². The van der Waals surface area contributed by atoms with Gasteiger partial charge in [0.1, 0.15) is 0 Å². The number of imidazole rings is 1. The molecule has 1 heterocycles. The molecule has 0 saturated heterocycles. The van der Waals surface area contributed by atoms with Crippen molar-refractivity contribution in [2.45, 2.75) is 13.8 Å². The van der Waals surface area contributed by atoms with E-state index in [0.29, 0.717) is 12.4 Å². The lowest BCUT2D eigenvalue weighted by Gasteiger charge is -2.28. The highest BCUT2D eigenvalue weighted by atomic mass is 16.6. The van der Waals surface area contributed by atoms with Crippen LogP contribution in [0.3, 0.4) is 0 Å². The molecule has 0 unspecified atom stereocenters. The number of nitrogens with one attached hydrogen (secondary N) is 1. The number of rotatable bonds is 6. The molecule has 0 atom stereocenters. The molecular formula is C11H21N5O2. The molecule has 0 amide bonds. The van der Waals surface area contributed by atoms with Crippen LogP contribution in [0, 0.1) is 15.5 Å². The van der Waals surface area contributed by atoms with Gasteiger partial charge in [0.05, 0.1) is 0 Å². The molecule has 7 nitrogen and oxygen atoms in total. The van der Waals surface area contributed by atoms with Gasteiger partial charge in [0.15, 0.2) is 0 Å². The van der Waals surface area contributed by atoms with Crippen LogP contribution in [-0.2, 0) is 7.05 Å². The fourth-order valence-corrected chi connectivity index (χ4v) is 1.99. The van der Waals surface area contributed by atoms with E-state index in [0.717, 1.165) is 6.54 Å². The van der Waals surface area contributed by atoms with Crippen molar-refractivity contribution >= 4 is 11.6 Å². The maximum absolute atomic E-state index is 10.8. The molecule has 0 aromatic carbocycles. The summed E-state index contributed by atoms with van der Waals surface area (Å²) in [5, 5.41) is 13.9. The largest absolute Gasteiger partial charge is 0.406 e. The third-order valence-corrected chi connectivity index (χ3v) is 2.57. The average molecular weight is 255 g/mol. The lowest BCUT2D eigenvalue weighted by atomic mass is 9.93. The van der Waals surface area contributed by atoms with Crippen molar-refractivity contribution in [3.63, 3.8) is 0 Å². The first-order chi connectivity index (χ1) is 8.23. The Morgan fingerprint density at radius 3 is 2.67 bits per heavy atom. The van der Waals surface area contributed by atoms with Crippen molar-refractivity contribution < 1.29 is 4.92 Å². The minimum atomic E-state index is -0.471. The number of aryl methyl sites for hydroxylation is 1. The predicted octanol–water partition coefficient (Wildman–Crippen LogP) is 1.33. The van der Waals surface area contributed by atoms with E-state index < -0.39 is 4.92 Å². The summed E-state index contributed by atoms with van der Waals surface area (Å²) in [5.41, 5.74) is 0.0155. The Balaban J connectivity index is 2.74. The molecule has 0 fully saturated rings. The van der Waals surface area contributed by atoms with Crippen molar-refractivity contribution in [3.8, 4) is 0 Å². The molecular weight excluding hydrogens is 234 g/mol. The summed E-state index contributed by atoms with van der Waals surface area (Å²) in [5.74, 6) is 0.324. The maximum Gasteiger partial charge on any atom is 0.406 e. The minimum absolute atomic E-state index is 0.0155. The molecule has 7 heteroatoms. The van der Waals surface area contributed by atoms with Gasteiger partial charge in [-0.2, -0.15) is 0 Å². The second kappa shape index (κ2) is 5.34. The smallest absolute Gasteiger partial charge is 0.364 e. The Labute approximate surface area is 107 Å². The van der Waals surface area contributed by atoms with Crippen LogP contribution < -0.4 is 5.32 Å². The van der Waals surface area contributed by atoms with Crippen LogP contribution in [0.15, 0.2) is 6.33 Å². The van der Waals surface area contributed by atoms with Crippen LogP contribution in [0.1, 0.15) is 13.8 Å². The molecule has 102 valence electrons. The van der Waals surface area contributed by atoms with E-state index in [1.54, 1.807) is 11.6 Å². The lowest BCUT2D eigenvalue weighted by molar-refractivity contribution is -0.388. The Bertz CT molecular complexity index is 425. The second-order valence-corrected chi connectivity index (χ2v) is 5.54. The molecule has 18 heavy (non-hydrogen) atoms. The predicted molar refractivity (Wildman–Crippen MR) is 70.7 cm³/mol. The Hall–Kier alpha value is -1.63. The molecule has 1 aromatic heterocycles.